The monoisotopic (exact) mass is 679 g/mol. The fourth-order valence-corrected chi connectivity index (χ4v) is 8.73. The number of benzene rings is 9. The molecule has 244 valence electrons. The molecule has 0 unspecified atom stereocenters. The van der Waals surface area contributed by atoms with E-state index in [0.717, 1.165) is 17.1 Å². The van der Waals surface area contributed by atoms with Gasteiger partial charge < -0.3 is 4.90 Å². The van der Waals surface area contributed by atoms with Crippen LogP contribution in [0, 0.1) is 0 Å². The SMILES string of the molecule is c1ccc2cc(-c3ccc(N(c4ccc(-c5ccc6ccccc6c5)cc4)c4ccc(-c5cccc6sc7ccccc7c56)cc4)cc3)ccc2c1. The molecule has 0 aliphatic heterocycles. The van der Waals surface area contributed by atoms with Gasteiger partial charge >= 0.3 is 0 Å². The van der Waals surface area contributed by atoms with Crippen molar-refractivity contribution in [1.29, 1.82) is 0 Å². The summed E-state index contributed by atoms with van der Waals surface area (Å²) in [5.74, 6) is 0. The quantitative estimate of drug-likeness (QED) is 0.169. The third-order valence-electron chi connectivity index (χ3n) is 10.3. The van der Waals surface area contributed by atoms with Crippen LogP contribution in [0.4, 0.5) is 17.1 Å². The summed E-state index contributed by atoms with van der Waals surface area (Å²) in [5.41, 5.74) is 10.7. The maximum atomic E-state index is 2.36. The van der Waals surface area contributed by atoms with Gasteiger partial charge in [0, 0.05) is 37.2 Å². The van der Waals surface area contributed by atoms with Gasteiger partial charge in [-0.2, -0.15) is 0 Å². The van der Waals surface area contributed by atoms with Gasteiger partial charge in [0.2, 0.25) is 0 Å². The summed E-state index contributed by atoms with van der Waals surface area (Å²) in [5, 5.41) is 7.68. The normalized spacial score (nSPS) is 11.5. The van der Waals surface area contributed by atoms with E-state index in [1.165, 1.54) is 75.1 Å². The van der Waals surface area contributed by atoms with Crippen LogP contribution in [0.5, 0.6) is 0 Å². The summed E-state index contributed by atoms with van der Waals surface area (Å²) in [4.78, 5) is 2.36. The lowest BCUT2D eigenvalue weighted by Crippen LogP contribution is -2.09. The van der Waals surface area contributed by atoms with Crippen molar-refractivity contribution in [3.05, 3.63) is 200 Å². The van der Waals surface area contributed by atoms with E-state index in [-0.39, 0.29) is 0 Å². The van der Waals surface area contributed by atoms with Crippen LogP contribution in [0.1, 0.15) is 0 Å². The largest absolute Gasteiger partial charge is 0.311 e. The molecule has 0 atom stereocenters. The first-order chi connectivity index (χ1) is 25.7. The van der Waals surface area contributed by atoms with Crippen LogP contribution >= 0.6 is 11.3 Å². The van der Waals surface area contributed by atoms with E-state index in [1.54, 1.807) is 0 Å². The third kappa shape index (κ3) is 5.42. The molecule has 0 amide bonds. The van der Waals surface area contributed by atoms with E-state index in [9.17, 15) is 0 Å². The summed E-state index contributed by atoms with van der Waals surface area (Å²) in [6, 6.07) is 72.9. The first kappa shape index (κ1) is 30.4. The van der Waals surface area contributed by atoms with Crippen molar-refractivity contribution in [2.24, 2.45) is 0 Å². The molecule has 10 aromatic rings. The van der Waals surface area contributed by atoms with Crippen molar-refractivity contribution in [2.45, 2.75) is 0 Å². The molecule has 52 heavy (non-hydrogen) atoms. The average Bonchev–Trinajstić information content (AvgIpc) is 3.61. The molecule has 1 heterocycles. The Kier molecular flexibility index (Phi) is 7.41. The number of fused-ring (bicyclic) bond motifs is 5. The van der Waals surface area contributed by atoms with Gasteiger partial charge in [0.1, 0.15) is 0 Å². The summed E-state index contributed by atoms with van der Waals surface area (Å²) in [6.45, 7) is 0. The lowest BCUT2D eigenvalue weighted by Gasteiger charge is -2.26. The van der Waals surface area contributed by atoms with Crippen molar-refractivity contribution >= 4 is 70.1 Å². The predicted molar refractivity (Wildman–Crippen MR) is 225 cm³/mol. The zero-order chi connectivity index (χ0) is 34.4. The van der Waals surface area contributed by atoms with Gasteiger partial charge in [-0.1, -0.05) is 140 Å². The lowest BCUT2D eigenvalue weighted by atomic mass is 9.98. The molecule has 0 N–H and O–H groups in total. The molecular weight excluding hydrogens is 647 g/mol. The van der Waals surface area contributed by atoms with E-state index >= 15 is 0 Å². The topological polar surface area (TPSA) is 3.24 Å². The Bertz CT molecular complexity index is 2760. The number of rotatable bonds is 6. The molecule has 0 saturated carbocycles. The second kappa shape index (κ2) is 12.7. The Labute approximate surface area is 307 Å². The molecule has 1 aromatic heterocycles. The molecule has 10 rings (SSSR count). The minimum atomic E-state index is 1.11. The maximum absolute atomic E-state index is 2.36. The molecule has 0 spiro atoms. The fourth-order valence-electron chi connectivity index (χ4n) is 7.60. The Hall–Kier alpha value is -6.48. The molecule has 1 nitrogen and oxygen atoms in total. The van der Waals surface area contributed by atoms with Crippen LogP contribution in [0.2, 0.25) is 0 Å². The molecular formula is C50H33NS. The van der Waals surface area contributed by atoms with Gasteiger partial charge in [0.15, 0.2) is 0 Å². The first-order valence-corrected chi connectivity index (χ1v) is 18.6. The molecule has 0 bridgehead atoms. The standard InChI is InChI=1S/C50H33NS/c1-3-10-39-32-41(18-16-34(39)8-1)36-20-26-43(27-21-36)51(44-28-22-37(23-29-44)42-19-17-35-9-2-4-11-40(35)33-42)45-30-24-38(25-31-45)46-13-7-15-49-50(46)47-12-5-6-14-48(47)52-49/h1-33H. The number of hydrogen-bond donors (Lipinski definition) is 0. The number of hydrogen-bond acceptors (Lipinski definition) is 2. The maximum Gasteiger partial charge on any atom is 0.0462 e. The highest BCUT2D eigenvalue weighted by Gasteiger charge is 2.16. The van der Waals surface area contributed by atoms with Gasteiger partial charge in [0.05, 0.1) is 0 Å². The fraction of sp³-hybridized carbons (Fsp3) is 0. The summed E-state index contributed by atoms with van der Waals surface area (Å²) < 4.78 is 2.65. The highest BCUT2D eigenvalue weighted by molar-refractivity contribution is 7.25. The molecule has 2 heteroatoms. The lowest BCUT2D eigenvalue weighted by molar-refractivity contribution is 1.28. The number of anilines is 3. The van der Waals surface area contributed by atoms with Crippen LogP contribution in [-0.4, -0.2) is 0 Å². The molecule has 0 radical (unpaired) electrons. The van der Waals surface area contributed by atoms with Gasteiger partial charge in [-0.15, -0.1) is 11.3 Å². The van der Waals surface area contributed by atoms with Crippen LogP contribution in [-0.2, 0) is 0 Å². The van der Waals surface area contributed by atoms with E-state index in [1.807, 2.05) is 11.3 Å². The predicted octanol–water partition coefficient (Wildman–Crippen LogP) is 14.8. The second-order valence-electron chi connectivity index (χ2n) is 13.4. The molecule has 0 saturated heterocycles. The van der Waals surface area contributed by atoms with E-state index in [2.05, 4.69) is 205 Å². The van der Waals surface area contributed by atoms with Crippen molar-refractivity contribution < 1.29 is 0 Å². The van der Waals surface area contributed by atoms with Gasteiger partial charge in [-0.25, -0.2) is 0 Å². The summed E-state index contributed by atoms with van der Waals surface area (Å²) in [7, 11) is 0. The highest BCUT2D eigenvalue weighted by atomic mass is 32.1. The zero-order valence-corrected chi connectivity index (χ0v) is 29.2. The van der Waals surface area contributed by atoms with Crippen LogP contribution in [0.15, 0.2) is 200 Å². The average molecular weight is 680 g/mol. The van der Waals surface area contributed by atoms with Crippen LogP contribution in [0.3, 0.4) is 0 Å². The van der Waals surface area contributed by atoms with E-state index in [0.29, 0.717) is 0 Å². The smallest absolute Gasteiger partial charge is 0.0462 e. The Morgan fingerprint density at radius 3 is 1.31 bits per heavy atom. The first-order valence-electron chi connectivity index (χ1n) is 17.7. The van der Waals surface area contributed by atoms with E-state index < -0.39 is 0 Å². The molecule has 0 aliphatic carbocycles. The summed E-state index contributed by atoms with van der Waals surface area (Å²) in [6.07, 6.45) is 0. The zero-order valence-electron chi connectivity index (χ0n) is 28.4. The molecule has 9 aromatic carbocycles. The second-order valence-corrected chi connectivity index (χ2v) is 14.5. The minimum Gasteiger partial charge on any atom is -0.311 e. The van der Waals surface area contributed by atoms with E-state index in [4.69, 9.17) is 0 Å². The molecule has 0 aliphatic rings. The van der Waals surface area contributed by atoms with Gasteiger partial charge in [-0.05, 0) is 116 Å². The Morgan fingerprint density at radius 1 is 0.308 bits per heavy atom. The number of thiophene rings is 1. The number of nitrogens with zero attached hydrogens (tertiary/aromatic N) is 1. The van der Waals surface area contributed by atoms with Crippen LogP contribution in [0.25, 0.3) is 75.1 Å². The van der Waals surface area contributed by atoms with Crippen molar-refractivity contribution in [1.82, 2.24) is 0 Å². The Morgan fingerprint density at radius 2 is 0.750 bits per heavy atom. The van der Waals surface area contributed by atoms with Gasteiger partial charge in [-0.3, -0.25) is 0 Å². The summed E-state index contributed by atoms with van der Waals surface area (Å²) >= 11 is 1.86. The van der Waals surface area contributed by atoms with Crippen LogP contribution < -0.4 is 4.90 Å². The molecule has 0 fully saturated rings. The minimum absolute atomic E-state index is 1.11. The third-order valence-corrected chi connectivity index (χ3v) is 11.4. The van der Waals surface area contributed by atoms with Crippen molar-refractivity contribution in [3.63, 3.8) is 0 Å². The highest BCUT2D eigenvalue weighted by Crippen LogP contribution is 2.42. The Balaban J connectivity index is 1.04. The van der Waals surface area contributed by atoms with Crippen molar-refractivity contribution in [3.8, 4) is 33.4 Å². The van der Waals surface area contributed by atoms with Crippen molar-refractivity contribution in [2.75, 3.05) is 4.90 Å². The van der Waals surface area contributed by atoms with Gasteiger partial charge in [0.25, 0.3) is 0 Å².